The van der Waals surface area contributed by atoms with Crippen molar-refractivity contribution in [1.82, 2.24) is 4.90 Å². The zero-order valence-corrected chi connectivity index (χ0v) is 12.1. The minimum atomic E-state index is -2.80. The van der Waals surface area contributed by atoms with Gasteiger partial charge in [-0.05, 0) is 25.1 Å². The highest BCUT2D eigenvalue weighted by Crippen LogP contribution is 2.25. The molecule has 0 radical (unpaired) electrons. The highest BCUT2D eigenvalue weighted by Gasteiger charge is 2.31. The molecule has 1 aliphatic rings. The van der Waals surface area contributed by atoms with Gasteiger partial charge in [0.2, 0.25) is 0 Å². The fraction of sp³-hybridized carbons (Fsp3) is 0.636. The van der Waals surface area contributed by atoms with E-state index in [2.05, 4.69) is 11.8 Å². The largest absolute Gasteiger partial charge is 0.295 e. The summed E-state index contributed by atoms with van der Waals surface area (Å²) in [4.78, 5) is 3.42. The van der Waals surface area contributed by atoms with Gasteiger partial charge in [-0.15, -0.1) is 11.3 Å². The number of hydrogen-bond donors (Lipinski definition) is 0. The van der Waals surface area contributed by atoms with Crippen LogP contribution < -0.4 is 0 Å². The van der Waals surface area contributed by atoms with E-state index in [-0.39, 0.29) is 6.04 Å². The standard InChI is InChI=1S/C11H16ClNO2S2/c1-2-13(7-10-3-4-11(12)16-10)9-5-6-17(14,15)8-9/h3-4,9H,2,5-8H2,1H3. The van der Waals surface area contributed by atoms with E-state index in [0.717, 1.165) is 23.8 Å². The molecule has 0 aromatic carbocycles. The summed E-state index contributed by atoms with van der Waals surface area (Å²) in [5, 5.41) is 0. The molecule has 0 spiro atoms. The zero-order chi connectivity index (χ0) is 12.5. The maximum atomic E-state index is 11.5. The highest BCUT2D eigenvalue weighted by atomic mass is 35.5. The van der Waals surface area contributed by atoms with Crippen LogP contribution in [0.5, 0.6) is 0 Å². The van der Waals surface area contributed by atoms with Crippen LogP contribution in [-0.4, -0.2) is 37.4 Å². The van der Waals surface area contributed by atoms with Gasteiger partial charge in [-0.1, -0.05) is 18.5 Å². The van der Waals surface area contributed by atoms with Gasteiger partial charge in [0, 0.05) is 17.5 Å². The van der Waals surface area contributed by atoms with Crippen LogP contribution in [0.2, 0.25) is 4.34 Å². The Hall–Kier alpha value is -0.100. The number of hydrogen-bond acceptors (Lipinski definition) is 4. The lowest BCUT2D eigenvalue weighted by molar-refractivity contribution is 0.217. The van der Waals surface area contributed by atoms with E-state index in [0.29, 0.717) is 11.5 Å². The first-order valence-corrected chi connectivity index (χ1v) is 8.70. The second-order valence-corrected chi connectivity index (χ2v) is 8.35. The Bertz CT molecular complexity index is 483. The Morgan fingerprint density at radius 1 is 1.53 bits per heavy atom. The predicted octanol–water partition coefficient (Wildman–Crippen LogP) is 2.41. The van der Waals surface area contributed by atoms with Gasteiger partial charge in [0.15, 0.2) is 9.84 Å². The van der Waals surface area contributed by atoms with Crippen molar-refractivity contribution < 1.29 is 8.42 Å². The van der Waals surface area contributed by atoms with Gasteiger partial charge in [-0.25, -0.2) is 8.42 Å². The lowest BCUT2D eigenvalue weighted by Crippen LogP contribution is -2.35. The highest BCUT2D eigenvalue weighted by molar-refractivity contribution is 7.91. The van der Waals surface area contributed by atoms with E-state index < -0.39 is 9.84 Å². The van der Waals surface area contributed by atoms with Crippen molar-refractivity contribution in [1.29, 1.82) is 0 Å². The van der Waals surface area contributed by atoms with Crippen LogP contribution in [0.4, 0.5) is 0 Å². The van der Waals surface area contributed by atoms with Gasteiger partial charge < -0.3 is 0 Å². The van der Waals surface area contributed by atoms with Crippen LogP contribution in [0.3, 0.4) is 0 Å². The molecule has 1 atom stereocenters. The van der Waals surface area contributed by atoms with Gasteiger partial charge in [0.25, 0.3) is 0 Å². The summed E-state index contributed by atoms with van der Waals surface area (Å²) in [6.07, 6.45) is 0.759. The average molecular weight is 294 g/mol. The molecule has 0 amide bonds. The third-order valence-corrected chi connectivity index (χ3v) is 6.09. The van der Waals surface area contributed by atoms with Gasteiger partial charge in [0.05, 0.1) is 15.8 Å². The first-order chi connectivity index (χ1) is 8.00. The Balaban J connectivity index is 2.02. The Kier molecular flexibility index (Phi) is 4.13. The predicted molar refractivity (Wildman–Crippen MR) is 72.5 cm³/mol. The van der Waals surface area contributed by atoms with Crippen LogP contribution in [0.25, 0.3) is 0 Å². The van der Waals surface area contributed by atoms with Crippen LogP contribution in [0.1, 0.15) is 18.2 Å². The fourth-order valence-corrected chi connectivity index (χ4v) is 5.07. The van der Waals surface area contributed by atoms with E-state index in [1.165, 1.54) is 4.88 Å². The van der Waals surface area contributed by atoms with E-state index in [1.807, 2.05) is 12.1 Å². The van der Waals surface area contributed by atoms with E-state index in [9.17, 15) is 8.42 Å². The van der Waals surface area contributed by atoms with E-state index in [1.54, 1.807) is 11.3 Å². The van der Waals surface area contributed by atoms with Crippen LogP contribution in [0, 0.1) is 0 Å². The third-order valence-electron chi connectivity index (χ3n) is 3.12. The first kappa shape index (κ1) is 13.3. The summed E-state index contributed by atoms with van der Waals surface area (Å²) in [5.41, 5.74) is 0. The van der Waals surface area contributed by atoms with Crippen LogP contribution in [-0.2, 0) is 16.4 Å². The minimum Gasteiger partial charge on any atom is -0.295 e. The molecule has 3 nitrogen and oxygen atoms in total. The molecule has 1 aliphatic heterocycles. The molecule has 1 fully saturated rings. The fourth-order valence-electron chi connectivity index (χ4n) is 2.20. The number of sulfone groups is 1. The minimum absolute atomic E-state index is 0.172. The molecule has 1 saturated heterocycles. The molecule has 1 unspecified atom stereocenters. The normalized spacial score (nSPS) is 23.4. The summed E-state index contributed by atoms with van der Waals surface area (Å²) >= 11 is 7.46. The Morgan fingerprint density at radius 2 is 2.29 bits per heavy atom. The number of halogens is 1. The molecule has 1 aromatic rings. The summed E-state index contributed by atoms with van der Waals surface area (Å²) in [7, 11) is -2.80. The van der Waals surface area contributed by atoms with Gasteiger partial charge in [0.1, 0.15) is 0 Å². The van der Waals surface area contributed by atoms with Crippen LogP contribution >= 0.6 is 22.9 Å². The molecule has 0 N–H and O–H groups in total. The van der Waals surface area contributed by atoms with Crippen molar-refractivity contribution in [3.63, 3.8) is 0 Å². The average Bonchev–Trinajstić information content (AvgIpc) is 2.81. The molecular weight excluding hydrogens is 278 g/mol. The molecule has 17 heavy (non-hydrogen) atoms. The smallest absolute Gasteiger partial charge is 0.151 e. The zero-order valence-electron chi connectivity index (χ0n) is 9.73. The maximum Gasteiger partial charge on any atom is 0.151 e. The molecule has 2 rings (SSSR count). The number of nitrogens with zero attached hydrogens (tertiary/aromatic N) is 1. The van der Waals surface area contributed by atoms with Crippen molar-refractivity contribution >= 4 is 32.8 Å². The molecule has 0 aliphatic carbocycles. The number of rotatable bonds is 4. The molecule has 6 heteroatoms. The molecular formula is C11H16ClNO2S2. The monoisotopic (exact) mass is 293 g/mol. The number of thiophene rings is 1. The van der Waals surface area contributed by atoms with Crippen molar-refractivity contribution in [2.24, 2.45) is 0 Å². The quantitative estimate of drug-likeness (QED) is 0.855. The van der Waals surface area contributed by atoms with Crippen molar-refractivity contribution in [3.05, 3.63) is 21.3 Å². The second kappa shape index (κ2) is 5.26. The lowest BCUT2D eigenvalue weighted by atomic mass is 10.2. The van der Waals surface area contributed by atoms with Crippen LogP contribution in [0.15, 0.2) is 12.1 Å². The van der Waals surface area contributed by atoms with Gasteiger partial charge in [-0.2, -0.15) is 0 Å². The van der Waals surface area contributed by atoms with Crippen molar-refractivity contribution in [2.75, 3.05) is 18.1 Å². The van der Waals surface area contributed by atoms with Gasteiger partial charge >= 0.3 is 0 Å². The summed E-state index contributed by atoms with van der Waals surface area (Å²) in [5.74, 6) is 0.638. The van der Waals surface area contributed by atoms with Crippen molar-refractivity contribution in [3.8, 4) is 0 Å². The molecule has 1 aromatic heterocycles. The second-order valence-electron chi connectivity index (χ2n) is 4.33. The molecule has 2 heterocycles. The molecule has 96 valence electrons. The SMILES string of the molecule is CCN(Cc1ccc(Cl)s1)C1CCS(=O)(=O)C1. The summed E-state index contributed by atoms with van der Waals surface area (Å²) in [6.45, 7) is 3.74. The van der Waals surface area contributed by atoms with Crippen molar-refractivity contribution in [2.45, 2.75) is 25.9 Å². The third kappa shape index (κ3) is 3.44. The molecule has 0 bridgehead atoms. The lowest BCUT2D eigenvalue weighted by Gasteiger charge is -2.25. The van der Waals surface area contributed by atoms with E-state index >= 15 is 0 Å². The first-order valence-electron chi connectivity index (χ1n) is 5.69. The summed E-state index contributed by atoms with van der Waals surface area (Å²) < 4.78 is 23.7. The summed E-state index contributed by atoms with van der Waals surface area (Å²) in [6, 6.07) is 4.07. The Labute approximate surface area is 111 Å². The van der Waals surface area contributed by atoms with Gasteiger partial charge in [-0.3, -0.25) is 4.90 Å². The topological polar surface area (TPSA) is 37.4 Å². The maximum absolute atomic E-state index is 11.5. The molecule has 0 saturated carbocycles. The van der Waals surface area contributed by atoms with E-state index in [4.69, 9.17) is 11.6 Å². The Morgan fingerprint density at radius 3 is 2.76 bits per heavy atom.